The van der Waals surface area contributed by atoms with E-state index in [4.69, 9.17) is 0 Å². The van der Waals surface area contributed by atoms with Gasteiger partial charge in [-0.3, -0.25) is 4.79 Å². The number of aliphatic hydroxyl groups is 2. The molecular formula is C20H29N3O3. The number of aliphatic hydroxyl groups excluding tert-OH is 2. The van der Waals surface area contributed by atoms with E-state index < -0.39 is 0 Å². The predicted octanol–water partition coefficient (Wildman–Crippen LogP) is 1.70. The maximum atomic E-state index is 13.3. The van der Waals surface area contributed by atoms with Crippen LogP contribution in [0.5, 0.6) is 0 Å². The maximum Gasteiger partial charge on any atom is 0.230 e. The fourth-order valence-electron chi connectivity index (χ4n) is 4.97. The first kappa shape index (κ1) is 17.7. The summed E-state index contributed by atoms with van der Waals surface area (Å²) in [6.07, 6.45) is 7.91. The third-order valence-corrected chi connectivity index (χ3v) is 6.55. The monoisotopic (exact) mass is 359 g/mol. The van der Waals surface area contributed by atoms with Gasteiger partial charge in [0, 0.05) is 31.9 Å². The molecule has 3 aliphatic rings. The van der Waals surface area contributed by atoms with E-state index in [2.05, 4.69) is 14.8 Å². The van der Waals surface area contributed by atoms with Crippen molar-refractivity contribution in [2.45, 2.75) is 63.7 Å². The van der Waals surface area contributed by atoms with E-state index in [0.29, 0.717) is 11.9 Å². The highest BCUT2D eigenvalue weighted by Gasteiger charge is 2.50. The van der Waals surface area contributed by atoms with Crippen molar-refractivity contribution >= 4 is 11.7 Å². The zero-order valence-electron chi connectivity index (χ0n) is 15.3. The fourth-order valence-corrected chi connectivity index (χ4v) is 4.97. The topological polar surface area (TPSA) is 76.9 Å². The van der Waals surface area contributed by atoms with Gasteiger partial charge in [0.2, 0.25) is 5.91 Å². The van der Waals surface area contributed by atoms with Gasteiger partial charge in [-0.1, -0.05) is 6.07 Å². The average Bonchev–Trinajstić information content (AvgIpc) is 2.98. The van der Waals surface area contributed by atoms with Gasteiger partial charge in [0.15, 0.2) is 0 Å². The molecule has 1 atom stereocenters. The summed E-state index contributed by atoms with van der Waals surface area (Å²) in [5.74, 6) is 1.21. The summed E-state index contributed by atoms with van der Waals surface area (Å²) in [4.78, 5) is 22.1. The molecule has 2 aliphatic heterocycles. The van der Waals surface area contributed by atoms with E-state index >= 15 is 0 Å². The van der Waals surface area contributed by atoms with Crippen LogP contribution in [0.1, 0.15) is 50.5 Å². The van der Waals surface area contributed by atoms with Gasteiger partial charge in [-0.2, -0.15) is 0 Å². The van der Waals surface area contributed by atoms with Crippen molar-refractivity contribution in [1.29, 1.82) is 0 Å². The van der Waals surface area contributed by atoms with E-state index in [-0.39, 0.29) is 18.1 Å². The highest BCUT2D eigenvalue weighted by molar-refractivity contribution is 5.86. The number of hydrogen-bond donors (Lipinski definition) is 2. The lowest BCUT2D eigenvalue weighted by molar-refractivity contribution is -0.139. The lowest BCUT2D eigenvalue weighted by Crippen LogP contribution is -2.50. The van der Waals surface area contributed by atoms with Gasteiger partial charge in [0.1, 0.15) is 5.82 Å². The molecule has 1 unspecified atom stereocenters. The second-order valence-electron chi connectivity index (χ2n) is 8.20. The molecule has 1 saturated carbocycles. The molecule has 4 rings (SSSR count). The molecule has 1 spiro atoms. The third kappa shape index (κ3) is 3.21. The second-order valence-corrected chi connectivity index (χ2v) is 8.20. The van der Waals surface area contributed by atoms with Crippen LogP contribution < -0.4 is 4.90 Å². The van der Waals surface area contributed by atoms with Crippen LogP contribution in [0.4, 0.5) is 5.82 Å². The van der Waals surface area contributed by atoms with Crippen molar-refractivity contribution in [3.05, 3.63) is 23.9 Å². The maximum absolute atomic E-state index is 13.3. The molecular weight excluding hydrogens is 330 g/mol. The molecule has 142 valence electrons. The van der Waals surface area contributed by atoms with Crippen LogP contribution in [0.15, 0.2) is 18.3 Å². The van der Waals surface area contributed by atoms with Gasteiger partial charge in [-0.05, 0) is 56.6 Å². The van der Waals surface area contributed by atoms with Crippen LogP contribution in [0.2, 0.25) is 0 Å². The minimum Gasteiger partial charge on any atom is -0.393 e. The van der Waals surface area contributed by atoms with Crippen LogP contribution in [0, 0.1) is 5.41 Å². The van der Waals surface area contributed by atoms with Crippen molar-refractivity contribution in [1.82, 2.24) is 9.88 Å². The van der Waals surface area contributed by atoms with Gasteiger partial charge >= 0.3 is 0 Å². The normalized spacial score (nSPS) is 32.5. The molecule has 1 aromatic heterocycles. The van der Waals surface area contributed by atoms with E-state index in [1.165, 1.54) is 0 Å². The number of anilines is 1. The summed E-state index contributed by atoms with van der Waals surface area (Å²) in [6, 6.07) is 4.16. The van der Waals surface area contributed by atoms with Crippen LogP contribution in [-0.4, -0.2) is 57.8 Å². The van der Waals surface area contributed by atoms with Crippen LogP contribution >= 0.6 is 0 Å². The summed E-state index contributed by atoms with van der Waals surface area (Å²) in [6.45, 7) is 2.52. The summed E-state index contributed by atoms with van der Waals surface area (Å²) >= 11 is 0. The summed E-state index contributed by atoms with van der Waals surface area (Å²) < 4.78 is 0. The number of hydrogen-bond acceptors (Lipinski definition) is 5. The number of amides is 1. The zero-order chi connectivity index (χ0) is 18.1. The summed E-state index contributed by atoms with van der Waals surface area (Å²) in [5, 5.41) is 18.9. The van der Waals surface area contributed by atoms with Crippen LogP contribution in [0.3, 0.4) is 0 Å². The molecule has 1 amide bonds. The zero-order valence-corrected chi connectivity index (χ0v) is 15.3. The van der Waals surface area contributed by atoms with Gasteiger partial charge < -0.3 is 20.0 Å². The minimum absolute atomic E-state index is 0.000743. The van der Waals surface area contributed by atoms with E-state index in [1.807, 2.05) is 12.1 Å². The van der Waals surface area contributed by atoms with Crippen molar-refractivity contribution in [2.75, 3.05) is 24.5 Å². The SMILES string of the molecule is O=C1N([C@H]2CC[C@H](O)CC2)CCC12CCCN(c1ccc(CO)cn1)C2. The first-order chi connectivity index (χ1) is 12.6. The standard InChI is InChI=1S/C20H29N3O3/c24-13-15-2-7-18(21-12-15)22-10-1-8-20(14-22)9-11-23(19(20)26)16-3-5-17(25)6-4-16/h2,7,12,16-17,24-25H,1,3-6,8-11,13-14H2/t16-,17-,20?. The van der Waals surface area contributed by atoms with Crippen molar-refractivity contribution < 1.29 is 15.0 Å². The number of aromatic nitrogens is 1. The molecule has 2 N–H and O–H groups in total. The molecule has 26 heavy (non-hydrogen) atoms. The predicted molar refractivity (Wildman–Crippen MR) is 98.6 cm³/mol. The number of likely N-dealkylation sites (tertiary alicyclic amines) is 1. The van der Waals surface area contributed by atoms with Crippen LogP contribution in [0.25, 0.3) is 0 Å². The molecule has 2 saturated heterocycles. The molecule has 3 fully saturated rings. The Balaban J connectivity index is 1.46. The summed E-state index contributed by atoms with van der Waals surface area (Å²) in [5.41, 5.74) is 0.536. The minimum atomic E-state index is -0.272. The number of piperidine rings is 1. The number of carbonyl (C=O) groups excluding carboxylic acids is 1. The molecule has 3 heterocycles. The highest BCUT2D eigenvalue weighted by Crippen LogP contribution is 2.43. The second kappa shape index (κ2) is 7.16. The van der Waals surface area contributed by atoms with Crippen molar-refractivity contribution in [2.24, 2.45) is 5.41 Å². The van der Waals surface area contributed by atoms with Gasteiger partial charge in [0.05, 0.1) is 18.1 Å². The third-order valence-electron chi connectivity index (χ3n) is 6.55. The smallest absolute Gasteiger partial charge is 0.230 e. The molecule has 0 aromatic carbocycles. The quantitative estimate of drug-likeness (QED) is 0.859. The molecule has 6 heteroatoms. The highest BCUT2D eigenvalue weighted by atomic mass is 16.3. The Hall–Kier alpha value is -1.66. The first-order valence-corrected chi connectivity index (χ1v) is 9.91. The lowest BCUT2D eigenvalue weighted by Gasteiger charge is -2.41. The number of rotatable bonds is 3. The average molecular weight is 359 g/mol. The lowest BCUT2D eigenvalue weighted by atomic mass is 9.78. The Morgan fingerprint density at radius 3 is 2.65 bits per heavy atom. The van der Waals surface area contributed by atoms with Crippen molar-refractivity contribution in [3.63, 3.8) is 0 Å². The fraction of sp³-hybridized carbons (Fsp3) is 0.700. The Labute approximate surface area is 154 Å². The Morgan fingerprint density at radius 1 is 1.15 bits per heavy atom. The Kier molecular flexibility index (Phi) is 4.88. The molecule has 6 nitrogen and oxygen atoms in total. The molecule has 0 radical (unpaired) electrons. The van der Waals surface area contributed by atoms with Gasteiger partial charge in [-0.25, -0.2) is 4.98 Å². The van der Waals surface area contributed by atoms with E-state index in [0.717, 1.165) is 76.0 Å². The number of pyridine rings is 1. The molecule has 1 aromatic rings. The number of carbonyl (C=O) groups is 1. The largest absolute Gasteiger partial charge is 0.393 e. The molecule has 1 aliphatic carbocycles. The van der Waals surface area contributed by atoms with E-state index in [9.17, 15) is 15.0 Å². The first-order valence-electron chi connectivity index (χ1n) is 9.91. The summed E-state index contributed by atoms with van der Waals surface area (Å²) in [7, 11) is 0. The van der Waals surface area contributed by atoms with Gasteiger partial charge in [-0.15, -0.1) is 0 Å². The Morgan fingerprint density at radius 2 is 1.96 bits per heavy atom. The number of nitrogens with zero attached hydrogens (tertiary/aromatic N) is 3. The van der Waals surface area contributed by atoms with E-state index in [1.54, 1.807) is 6.20 Å². The van der Waals surface area contributed by atoms with Gasteiger partial charge in [0.25, 0.3) is 0 Å². The van der Waals surface area contributed by atoms with Crippen LogP contribution in [-0.2, 0) is 11.4 Å². The molecule has 0 bridgehead atoms. The van der Waals surface area contributed by atoms with Crippen molar-refractivity contribution in [3.8, 4) is 0 Å². The Bertz CT molecular complexity index is 642.